The van der Waals surface area contributed by atoms with Gasteiger partial charge >= 0.3 is 5.97 Å². The van der Waals surface area contributed by atoms with Crippen LogP contribution in [0.1, 0.15) is 25.3 Å². The number of nitrogen functional groups attached to an aromatic ring is 2. The minimum Gasteiger partial charge on any atom is -0.461 e. The smallest absolute Gasteiger partial charge is 0.306 e. The fraction of sp³-hybridized carbons (Fsp3) is 0.364. The Morgan fingerprint density at radius 3 is 2.73 bits per heavy atom. The van der Waals surface area contributed by atoms with E-state index < -0.39 is 0 Å². The highest BCUT2D eigenvalue weighted by atomic mass is 16.5. The monoisotopic (exact) mass is 208 g/mol. The highest BCUT2D eigenvalue weighted by molar-refractivity contribution is 5.69. The predicted molar refractivity (Wildman–Crippen MR) is 60.0 cm³/mol. The molecule has 0 amide bonds. The van der Waals surface area contributed by atoms with Crippen LogP contribution >= 0.6 is 0 Å². The van der Waals surface area contributed by atoms with Gasteiger partial charge in [-0.1, -0.05) is 13.0 Å². The van der Waals surface area contributed by atoms with Crippen molar-refractivity contribution in [1.29, 1.82) is 0 Å². The van der Waals surface area contributed by atoms with Crippen LogP contribution in [0.5, 0.6) is 0 Å². The van der Waals surface area contributed by atoms with Gasteiger partial charge in [0.1, 0.15) is 6.61 Å². The summed E-state index contributed by atoms with van der Waals surface area (Å²) in [6.45, 7) is 2.14. The first kappa shape index (κ1) is 11.4. The van der Waals surface area contributed by atoms with E-state index in [4.69, 9.17) is 16.2 Å². The number of carbonyl (C=O) groups is 1. The van der Waals surface area contributed by atoms with Crippen molar-refractivity contribution in [3.8, 4) is 0 Å². The molecule has 0 radical (unpaired) electrons. The Hall–Kier alpha value is -1.71. The van der Waals surface area contributed by atoms with Crippen molar-refractivity contribution in [2.45, 2.75) is 26.4 Å². The van der Waals surface area contributed by atoms with Crippen molar-refractivity contribution >= 4 is 17.3 Å². The normalized spacial score (nSPS) is 9.93. The highest BCUT2D eigenvalue weighted by Crippen LogP contribution is 2.16. The summed E-state index contributed by atoms with van der Waals surface area (Å²) in [6, 6.07) is 5.16. The largest absolute Gasteiger partial charge is 0.461 e. The van der Waals surface area contributed by atoms with Crippen molar-refractivity contribution in [3.63, 3.8) is 0 Å². The molecule has 0 aliphatic rings. The molecule has 0 spiro atoms. The average molecular weight is 208 g/mol. The molecule has 0 bridgehead atoms. The van der Waals surface area contributed by atoms with Gasteiger partial charge in [-0.3, -0.25) is 4.79 Å². The fourth-order valence-electron chi connectivity index (χ4n) is 1.18. The van der Waals surface area contributed by atoms with Gasteiger partial charge in [0.2, 0.25) is 0 Å². The van der Waals surface area contributed by atoms with E-state index in [-0.39, 0.29) is 12.6 Å². The first-order valence-corrected chi connectivity index (χ1v) is 4.93. The summed E-state index contributed by atoms with van der Waals surface area (Å²) in [4.78, 5) is 11.1. The Morgan fingerprint density at radius 1 is 1.40 bits per heavy atom. The quantitative estimate of drug-likeness (QED) is 0.583. The standard InChI is InChI=1S/C11H16N2O2/c1-2-3-11(14)15-7-8-4-5-9(12)6-10(8)13/h4-6H,2-3,7,12-13H2,1H3. The Bertz CT molecular complexity index is 350. The summed E-state index contributed by atoms with van der Waals surface area (Å²) in [5, 5.41) is 0. The molecule has 0 saturated carbocycles. The van der Waals surface area contributed by atoms with Gasteiger partial charge in [0.05, 0.1) is 0 Å². The van der Waals surface area contributed by atoms with Gasteiger partial charge in [0, 0.05) is 23.4 Å². The minimum atomic E-state index is -0.200. The average Bonchev–Trinajstić information content (AvgIpc) is 2.17. The second kappa shape index (κ2) is 5.24. The third-order valence-corrected chi connectivity index (χ3v) is 2.01. The zero-order valence-corrected chi connectivity index (χ0v) is 8.82. The van der Waals surface area contributed by atoms with Crippen LogP contribution in [0.2, 0.25) is 0 Å². The summed E-state index contributed by atoms with van der Waals surface area (Å²) in [7, 11) is 0. The molecule has 4 N–H and O–H groups in total. The van der Waals surface area contributed by atoms with Gasteiger partial charge < -0.3 is 16.2 Å². The van der Waals surface area contributed by atoms with Crippen molar-refractivity contribution < 1.29 is 9.53 Å². The molecule has 0 heterocycles. The second-order valence-electron chi connectivity index (χ2n) is 3.37. The minimum absolute atomic E-state index is 0.200. The maximum Gasteiger partial charge on any atom is 0.306 e. The summed E-state index contributed by atoms with van der Waals surface area (Å²) in [5.74, 6) is -0.200. The maximum atomic E-state index is 11.1. The van der Waals surface area contributed by atoms with E-state index in [0.29, 0.717) is 17.8 Å². The topological polar surface area (TPSA) is 78.3 Å². The molecule has 1 rings (SSSR count). The molecule has 0 aliphatic carbocycles. The molecule has 15 heavy (non-hydrogen) atoms. The number of rotatable bonds is 4. The lowest BCUT2D eigenvalue weighted by Gasteiger charge is -2.07. The number of benzene rings is 1. The van der Waals surface area contributed by atoms with Crippen LogP contribution in [0.25, 0.3) is 0 Å². The fourth-order valence-corrected chi connectivity index (χ4v) is 1.18. The van der Waals surface area contributed by atoms with Crippen LogP contribution in [0.3, 0.4) is 0 Å². The molecule has 0 atom stereocenters. The zero-order chi connectivity index (χ0) is 11.3. The first-order chi connectivity index (χ1) is 7.13. The van der Waals surface area contributed by atoms with Gasteiger partial charge in [0.15, 0.2) is 0 Å². The van der Waals surface area contributed by atoms with Crippen molar-refractivity contribution in [2.75, 3.05) is 11.5 Å². The molecule has 1 aromatic carbocycles. The van der Waals surface area contributed by atoms with Crippen molar-refractivity contribution in [1.82, 2.24) is 0 Å². The number of anilines is 2. The van der Waals surface area contributed by atoms with E-state index in [1.165, 1.54) is 0 Å². The van der Waals surface area contributed by atoms with E-state index >= 15 is 0 Å². The van der Waals surface area contributed by atoms with Crippen molar-refractivity contribution in [3.05, 3.63) is 23.8 Å². The van der Waals surface area contributed by atoms with E-state index in [1.807, 2.05) is 6.92 Å². The molecular weight excluding hydrogens is 192 g/mol. The van der Waals surface area contributed by atoms with Crippen molar-refractivity contribution in [2.24, 2.45) is 0 Å². The molecule has 0 aromatic heterocycles. The summed E-state index contributed by atoms with van der Waals surface area (Å²) < 4.78 is 5.03. The number of hydrogen-bond donors (Lipinski definition) is 2. The molecule has 4 heteroatoms. The lowest BCUT2D eigenvalue weighted by Crippen LogP contribution is -2.05. The SMILES string of the molecule is CCCC(=O)OCc1ccc(N)cc1N. The van der Waals surface area contributed by atoms with Gasteiger partial charge in [-0.15, -0.1) is 0 Å². The van der Waals surface area contributed by atoms with Crippen LogP contribution in [-0.4, -0.2) is 5.97 Å². The summed E-state index contributed by atoms with van der Waals surface area (Å²) in [5.41, 5.74) is 13.2. The molecule has 4 nitrogen and oxygen atoms in total. The Morgan fingerprint density at radius 2 is 2.13 bits per heavy atom. The third-order valence-electron chi connectivity index (χ3n) is 2.01. The van der Waals surface area contributed by atoms with Gasteiger partial charge in [-0.05, 0) is 18.6 Å². The molecular formula is C11H16N2O2. The van der Waals surface area contributed by atoms with Crippen LogP contribution in [0.15, 0.2) is 18.2 Å². The zero-order valence-electron chi connectivity index (χ0n) is 8.82. The first-order valence-electron chi connectivity index (χ1n) is 4.93. The maximum absolute atomic E-state index is 11.1. The lowest BCUT2D eigenvalue weighted by atomic mass is 10.2. The predicted octanol–water partition coefficient (Wildman–Crippen LogP) is 1.69. The Balaban J connectivity index is 2.54. The van der Waals surface area contributed by atoms with E-state index in [9.17, 15) is 4.79 Å². The second-order valence-corrected chi connectivity index (χ2v) is 3.37. The molecule has 0 fully saturated rings. The van der Waals surface area contributed by atoms with Crippen LogP contribution in [0.4, 0.5) is 11.4 Å². The van der Waals surface area contributed by atoms with Gasteiger partial charge in [0.25, 0.3) is 0 Å². The number of hydrogen-bond acceptors (Lipinski definition) is 4. The van der Waals surface area contributed by atoms with E-state index in [2.05, 4.69) is 0 Å². The van der Waals surface area contributed by atoms with E-state index in [1.54, 1.807) is 18.2 Å². The molecule has 1 aromatic rings. The lowest BCUT2D eigenvalue weighted by molar-refractivity contribution is -0.144. The highest BCUT2D eigenvalue weighted by Gasteiger charge is 2.04. The van der Waals surface area contributed by atoms with Gasteiger partial charge in [-0.25, -0.2) is 0 Å². The van der Waals surface area contributed by atoms with E-state index in [0.717, 1.165) is 12.0 Å². The van der Waals surface area contributed by atoms with Gasteiger partial charge in [-0.2, -0.15) is 0 Å². The number of ether oxygens (including phenoxy) is 1. The third kappa shape index (κ3) is 3.50. The number of nitrogens with two attached hydrogens (primary N) is 2. The molecule has 0 saturated heterocycles. The molecule has 0 aliphatic heterocycles. The molecule has 0 unspecified atom stereocenters. The summed E-state index contributed by atoms with van der Waals surface area (Å²) in [6.07, 6.45) is 1.23. The van der Waals surface area contributed by atoms with Crippen LogP contribution in [0, 0.1) is 0 Å². The van der Waals surface area contributed by atoms with Crippen LogP contribution in [-0.2, 0) is 16.1 Å². The Labute approximate surface area is 89.2 Å². The summed E-state index contributed by atoms with van der Waals surface area (Å²) >= 11 is 0. The number of carbonyl (C=O) groups excluding carboxylic acids is 1. The number of esters is 1. The molecule has 82 valence electrons. The van der Waals surface area contributed by atoms with Crippen LogP contribution < -0.4 is 11.5 Å². The Kier molecular flexibility index (Phi) is 3.97.